The molecule has 19 heteroatoms. The number of nitrogens with two attached hydrogens (primary N) is 3. The topological polar surface area (TPSA) is 329 Å². The molecule has 0 spiro atoms. The first-order valence-electron chi connectivity index (χ1n) is 22.6. The molecule has 360 valence electrons. The Balaban J connectivity index is 5.64. The fraction of sp³-hybridized carbons (Fsp3) is 0.773. The van der Waals surface area contributed by atoms with Crippen molar-refractivity contribution in [2.24, 2.45) is 35.0 Å². The van der Waals surface area contributed by atoms with Gasteiger partial charge in [0.25, 0.3) is 0 Å². The van der Waals surface area contributed by atoms with Crippen molar-refractivity contribution in [1.29, 1.82) is 0 Å². The highest BCUT2D eigenvalue weighted by Crippen LogP contribution is 2.20. The van der Waals surface area contributed by atoms with Crippen LogP contribution in [0.1, 0.15) is 144 Å². The van der Waals surface area contributed by atoms with E-state index in [9.17, 15) is 53.1 Å². The zero-order valence-electron chi connectivity index (χ0n) is 38.4. The molecule has 0 aromatic carbocycles. The Hall–Kier alpha value is -4.46. The van der Waals surface area contributed by atoms with Crippen LogP contribution in [0.5, 0.6) is 0 Å². The van der Waals surface area contributed by atoms with Crippen molar-refractivity contribution in [2.75, 3.05) is 32.8 Å². The number of aliphatic hydroxyl groups is 1. The molecule has 0 saturated heterocycles. The van der Waals surface area contributed by atoms with Crippen molar-refractivity contribution in [3.63, 3.8) is 0 Å². The van der Waals surface area contributed by atoms with Crippen LogP contribution in [0.25, 0.3) is 0 Å². The van der Waals surface area contributed by atoms with E-state index < -0.39 is 96.6 Å². The van der Waals surface area contributed by atoms with E-state index in [0.717, 1.165) is 0 Å². The van der Waals surface area contributed by atoms with Gasteiger partial charge < -0.3 is 48.9 Å². The fourth-order valence-electron chi connectivity index (χ4n) is 6.83. The van der Waals surface area contributed by atoms with Crippen LogP contribution in [0.3, 0.4) is 0 Å². The van der Waals surface area contributed by atoms with E-state index in [-0.39, 0.29) is 74.8 Å². The lowest BCUT2D eigenvalue weighted by Gasteiger charge is -2.25. The number of Topliss-reactive ketones (excluding diaryl/α,β-unsaturated/α-hetero) is 5. The van der Waals surface area contributed by atoms with E-state index >= 15 is 0 Å². The minimum atomic E-state index is -1.40. The van der Waals surface area contributed by atoms with E-state index in [2.05, 4.69) is 26.6 Å². The Morgan fingerprint density at radius 2 is 1.05 bits per heavy atom. The second-order valence-corrected chi connectivity index (χ2v) is 16.7. The summed E-state index contributed by atoms with van der Waals surface area (Å²) in [6, 6.07) is -3.87. The number of rotatable bonds is 38. The van der Waals surface area contributed by atoms with Gasteiger partial charge in [-0.2, -0.15) is 0 Å². The average molecular weight is 895 g/mol. The van der Waals surface area contributed by atoms with Gasteiger partial charge in [-0.15, -0.1) is 0 Å². The Labute approximate surface area is 373 Å². The van der Waals surface area contributed by atoms with Crippen LogP contribution in [0, 0.1) is 17.8 Å². The Morgan fingerprint density at radius 3 is 1.54 bits per heavy atom. The number of aliphatic hydroxyl groups excluding tert-OH is 1. The predicted molar refractivity (Wildman–Crippen MR) is 237 cm³/mol. The monoisotopic (exact) mass is 895 g/mol. The molecule has 0 radical (unpaired) electrons. The quantitative estimate of drug-likeness (QED) is 0.0378. The first-order valence-corrected chi connectivity index (χ1v) is 22.6. The molecule has 0 heterocycles. The lowest BCUT2D eigenvalue weighted by molar-refractivity contribution is -0.135. The first-order chi connectivity index (χ1) is 29.8. The Kier molecular flexibility index (Phi) is 31.6. The van der Waals surface area contributed by atoms with E-state index in [0.29, 0.717) is 71.0 Å². The van der Waals surface area contributed by atoms with Crippen molar-refractivity contribution in [3.05, 3.63) is 0 Å². The lowest BCUT2D eigenvalue weighted by atomic mass is 9.89. The average Bonchev–Trinajstić information content (AvgIpc) is 3.23. The summed E-state index contributed by atoms with van der Waals surface area (Å²) in [5.74, 6) is -6.31. The number of hydrogen-bond donors (Lipinski definition) is 9. The van der Waals surface area contributed by atoms with Crippen molar-refractivity contribution in [1.82, 2.24) is 26.6 Å². The summed E-state index contributed by atoms with van der Waals surface area (Å²) in [6.45, 7) is 8.25. The van der Waals surface area contributed by atoms with Crippen molar-refractivity contribution in [2.45, 2.75) is 168 Å². The number of ketones is 5. The van der Waals surface area contributed by atoms with Crippen molar-refractivity contribution >= 4 is 58.5 Å². The minimum Gasteiger partial charge on any atom is -0.394 e. The third-order valence-electron chi connectivity index (χ3n) is 10.6. The molecule has 0 aliphatic rings. The number of carbonyl (C=O) groups excluding carboxylic acids is 10. The summed E-state index contributed by atoms with van der Waals surface area (Å²) in [4.78, 5) is 128. The molecule has 12 N–H and O–H groups in total. The van der Waals surface area contributed by atoms with E-state index in [1.54, 1.807) is 13.8 Å². The molecule has 0 bridgehead atoms. The minimum absolute atomic E-state index is 0.129. The Bertz CT molecular complexity index is 1490. The van der Waals surface area contributed by atoms with Gasteiger partial charge in [-0.1, -0.05) is 33.6 Å². The summed E-state index contributed by atoms with van der Waals surface area (Å²) in [6.07, 6.45) is 3.07. The normalized spacial score (nSPS) is 14.0. The third kappa shape index (κ3) is 26.7. The largest absolute Gasteiger partial charge is 0.394 e. The van der Waals surface area contributed by atoms with Crippen LogP contribution in [0.15, 0.2) is 0 Å². The zero-order chi connectivity index (χ0) is 47.9. The second-order valence-electron chi connectivity index (χ2n) is 16.7. The molecular weight excluding hydrogens is 817 g/mol. The summed E-state index contributed by atoms with van der Waals surface area (Å²) in [7, 11) is 0. The molecule has 0 aromatic heterocycles. The molecule has 0 saturated carbocycles. The maximum Gasteiger partial charge on any atom is 0.224 e. The van der Waals surface area contributed by atoms with E-state index in [1.807, 2.05) is 13.8 Å². The van der Waals surface area contributed by atoms with Crippen LogP contribution < -0.4 is 43.8 Å². The number of amides is 5. The SMILES string of the molecule is CCC(=O)[C@H](C)NC(=O)[C@H](CCCCN)CC(=O)[C@H](CCCCN)NC(=O)[C@H](CCCCN)CC(=O)[C@H](CO)NC(=O)CCC(=O)CNC(=O)CCC(=O)[C@H](CC(C)C)NC(C)=O. The molecule has 5 amide bonds. The highest BCUT2D eigenvalue weighted by molar-refractivity contribution is 5.97. The number of nitrogens with one attached hydrogen (secondary N) is 5. The zero-order valence-corrected chi connectivity index (χ0v) is 38.4. The van der Waals surface area contributed by atoms with Gasteiger partial charge >= 0.3 is 0 Å². The predicted octanol–water partition coefficient (Wildman–Crippen LogP) is 0.336. The molecule has 0 aromatic rings. The molecule has 19 nitrogen and oxygen atoms in total. The molecular formula is C44H78N8O11. The van der Waals surface area contributed by atoms with E-state index in [1.165, 1.54) is 6.92 Å². The lowest BCUT2D eigenvalue weighted by Crippen LogP contribution is -2.48. The maximum atomic E-state index is 13.9. The molecule has 6 atom stereocenters. The number of carbonyl (C=O) groups is 10. The maximum absolute atomic E-state index is 13.9. The van der Waals surface area contributed by atoms with Crippen molar-refractivity contribution < 1.29 is 53.1 Å². The fourth-order valence-corrected chi connectivity index (χ4v) is 6.83. The molecule has 0 rings (SSSR count). The summed E-state index contributed by atoms with van der Waals surface area (Å²) >= 11 is 0. The van der Waals surface area contributed by atoms with Gasteiger partial charge in [0.2, 0.25) is 29.5 Å². The van der Waals surface area contributed by atoms with Gasteiger partial charge in [-0.05, 0) is 83.8 Å². The van der Waals surface area contributed by atoms with Crippen LogP contribution in [0.2, 0.25) is 0 Å². The van der Waals surface area contributed by atoms with Crippen molar-refractivity contribution in [3.8, 4) is 0 Å². The van der Waals surface area contributed by atoms with Gasteiger partial charge in [-0.3, -0.25) is 47.9 Å². The van der Waals surface area contributed by atoms with Gasteiger partial charge in [-0.25, -0.2) is 0 Å². The Morgan fingerprint density at radius 1 is 0.540 bits per heavy atom. The van der Waals surface area contributed by atoms with Gasteiger partial charge in [0.1, 0.15) is 6.04 Å². The first kappa shape index (κ1) is 58.5. The highest BCUT2D eigenvalue weighted by Gasteiger charge is 2.32. The molecule has 0 aliphatic heterocycles. The number of unbranched alkanes of at least 4 members (excludes halogenated alkanes) is 3. The van der Waals surface area contributed by atoms with Crippen LogP contribution in [-0.2, 0) is 47.9 Å². The van der Waals surface area contributed by atoms with Crippen LogP contribution >= 0.6 is 0 Å². The summed E-state index contributed by atoms with van der Waals surface area (Å²) < 4.78 is 0. The van der Waals surface area contributed by atoms with Gasteiger partial charge in [0.15, 0.2) is 28.9 Å². The molecule has 0 unspecified atom stereocenters. The summed E-state index contributed by atoms with van der Waals surface area (Å²) in [5.41, 5.74) is 17.1. The third-order valence-corrected chi connectivity index (χ3v) is 10.6. The molecule has 0 fully saturated rings. The highest BCUT2D eigenvalue weighted by atomic mass is 16.3. The molecule has 63 heavy (non-hydrogen) atoms. The smallest absolute Gasteiger partial charge is 0.224 e. The standard InChI is InChI=1S/C44H78N8O11/c1-6-37(56)29(4)49-43(62)31(13-7-10-20-45)24-39(58)34(15-9-12-22-47)52-44(63)32(14-8-11-21-46)25-40(59)36(27-53)51-42(61)18-16-33(55)26-48-41(60)19-17-38(57)35(23-28(2)3)50-30(5)54/h28-29,31-32,34-36,53H,6-27,45-47H2,1-5H3,(H,48,60)(H,49,62)(H,50,54)(H,51,61)(H,52,63)/t29-,31+,32+,34-,35-,36-/m0/s1. The number of hydrogen-bond acceptors (Lipinski definition) is 14. The molecule has 0 aliphatic carbocycles. The van der Waals surface area contributed by atoms with Gasteiger partial charge in [0.05, 0.1) is 31.3 Å². The van der Waals surface area contributed by atoms with E-state index in [4.69, 9.17) is 17.2 Å². The van der Waals surface area contributed by atoms with Crippen LogP contribution in [0.4, 0.5) is 0 Å². The van der Waals surface area contributed by atoms with Crippen LogP contribution in [-0.4, -0.2) is 121 Å². The van der Waals surface area contributed by atoms with Gasteiger partial charge in [0, 0.05) is 63.7 Å². The second kappa shape index (κ2) is 34.0. The summed E-state index contributed by atoms with van der Waals surface area (Å²) in [5, 5.41) is 23.0.